The number of hydrogen-bond acceptors (Lipinski definition) is 2. The second kappa shape index (κ2) is 8.67. The van der Waals surface area contributed by atoms with Crippen molar-refractivity contribution in [3.8, 4) is 34.0 Å². The van der Waals surface area contributed by atoms with E-state index in [0.29, 0.717) is 5.56 Å². The first-order valence-corrected chi connectivity index (χ1v) is 15.5. The SMILES string of the molecule is CC1(C)c2ccccc2-c2cc3c(cc21)sc1cccc(-c2cccc(C#N)c2-n2c4ccccc4c4ccccc42)c13. The van der Waals surface area contributed by atoms with Crippen LogP contribution in [0.1, 0.15) is 30.5 Å². The van der Waals surface area contributed by atoms with Gasteiger partial charge >= 0.3 is 0 Å². The van der Waals surface area contributed by atoms with Gasteiger partial charge in [-0.25, -0.2) is 0 Å². The van der Waals surface area contributed by atoms with Gasteiger partial charge in [0.1, 0.15) is 6.07 Å². The van der Waals surface area contributed by atoms with Crippen LogP contribution in [0.2, 0.25) is 0 Å². The molecular weight excluding hydrogens is 541 g/mol. The van der Waals surface area contributed by atoms with Crippen LogP contribution < -0.4 is 0 Å². The molecule has 8 aromatic rings. The number of thiophene rings is 1. The van der Waals surface area contributed by atoms with Crippen molar-refractivity contribution >= 4 is 53.3 Å². The molecule has 1 aliphatic carbocycles. The van der Waals surface area contributed by atoms with Gasteiger partial charge < -0.3 is 4.57 Å². The number of nitriles is 1. The maximum atomic E-state index is 10.5. The molecule has 0 saturated carbocycles. The van der Waals surface area contributed by atoms with Crippen LogP contribution in [-0.4, -0.2) is 4.57 Å². The minimum Gasteiger partial charge on any atom is -0.307 e. The summed E-state index contributed by atoms with van der Waals surface area (Å²) in [6.07, 6.45) is 0. The summed E-state index contributed by atoms with van der Waals surface area (Å²) in [5.41, 5.74) is 11.4. The predicted octanol–water partition coefficient (Wildman–Crippen LogP) is 11.0. The lowest BCUT2D eigenvalue weighted by Crippen LogP contribution is -2.14. The maximum absolute atomic E-state index is 10.5. The summed E-state index contributed by atoms with van der Waals surface area (Å²) < 4.78 is 4.86. The number of aromatic nitrogens is 1. The monoisotopic (exact) mass is 566 g/mol. The molecule has 0 atom stereocenters. The van der Waals surface area contributed by atoms with Crippen molar-refractivity contribution in [1.29, 1.82) is 5.26 Å². The Kier molecular flexibility index (Phi) is 4.93. The van der Waals surface area contributed by atoms with Gasteiger partial charge in [-0.05, 0) is 64.2 Å². The quantitative estimate of drug-likeness (QED) is 0.205. The summed E-state index contributed by atoms with van der Waals surface area (Å²) >= 11 is 1.86. The van der Waals surface area contributed by atoms with Crippen molar-refractivity contribution in [2.45, 2.75) is 19.3 Å². The summed E-state index contributed by atoms with van der Waals surface area (Å²) in [4.78, 5) is 0. The third-order valence-electron chi connectivity index (χ3n) is 9.45. The Balaban J connectivity index is 1.40. The Hall–Kier alpha value is -5.17. The van der Waals surface area contributed by atoms with Crippen molar-refractivity contribution in [2.75, 3.05) is 0 Å². The number of fused-ring (bicyclic) bond motifs is 9. The van der Waals surface area contributed by atoms with Gasteiger partial charge in [-0.1, -0.05) is 98.8 Å². The normalized spacial score (nSPS) is 13.5. The molecule has 0 amide bonds. The van der Waals surface area contributed by atoms with E-state index < -0.39 is 0 Å². The highest BCUT2D eigenvalue weighted by Gasteiger charge is 2.36. The molecule has 9 rings (SSSR count). The number of para-hydroxylation sites is 3. The van der Waals surface area contributed by atoms with Crippen LogP contribution >= 0.6 is 11.3 Å². The first-order valence-electron chi connectivity index (χ1n) is 14.7. The molecular formula is C40H26N2S. The van der Waals surface area contributed by atoms with Crippen LogP contribution in [0.4, 0.5) is 0 Å². The summed E-state index contributed by atoms with van der Waals surface area (Å²) in [6, 6.07) is 46.0. The van der Waals surface area contributed by atoms with Crippen LogP contribution in [0.3, 0.4) is 0 Å². The van der Waals surface area contributed by atoms with Crippen LogP contribution in [0.5, 0.6) is 0 Å². The molecule has 3 heteroatoms. The van der Waals surface area contributed by atoms with E-state index >= 15 is 0 Å². The van der Waals surface area contributed by atoms with Crippen molar-refractivity contribution in [2.24, 2.45) is 0 Å². The molecule has 1 aliphatic rings. The minimum atomic E-state index is -0.0377. The molecule has 2 nitrogen and oxygen atoms in total. The highest BCUT2D eigenvalue weighted by atomic mass is 32.1. The summed E-state index contributed by atoms with van der Waals surface area (Å²) in [5, 5.41) is 15.4. The molecule has 202 valence electrons. The molecule has 43 heavy (non-hydrogen) atoms. The van der Waals surface area contributed by atoms with Crippen molar-refractivity contribution in [3.05, 3.63) is 138 Å². The molecule has 0 aliphatic heterocycles. The fourth-order valence-electron chi connectivity index (χ4n) is 7.50. The highest BCUT2D eigenvalue weighted by Crippen LogP contribution is 2.52. The average Bonchev–Trinajstić information content (AvgIpc) is 3.65. The van der Waals surface area contributed by atoms with Gasteiger partial charge in [-0.3, -0.25) is 0 Å². The largest absolute Gasteiger partial charge is 0.307 e. The van der Waals surface area contributed by atoms with Gasteiger partial charge in [0.2, 0.25) is 0 Å². The zero-order valence-electron chi connectivity index (χ0n) is 23.8. The van der Waals surface area contributed by atoms with Crippen LogP contribution in [0.25, 0.3) is 69.9 Å². The van der Waals surface area contributed by atoms with Crippen LogP contribution in [-0.2, 0) is 5.41 Å². The lowest BCUT2D eigenvalue weighted by molar-refractivity contribution is 0.661. The van der Waals surface area contributed by atoms with Gasteiger partial charge in [0.05, 0.1) is 22.3 Å². The Labute approximate surface area is 253 Å². The number of hydrogen-bond donors (Lipinski definition) is 0. The second-order valence-corrected chi connectivity index (χ2v) is 13.1. The number of rotatable bonds is 2. The summed E-state index contributed by atoms with van der Waals surface area (Å²) in [6.45, 7) is 4.68. The molecule has 0 radical (unpaired) electrons. The zero-order valence-corrected chi connectivity index (χ0v) is 24.7. The fraction of sp³-hybridized carbons (Fsp3) is 0.0750. The van der Waals surface area contributed by atoms with Gasteiger partial charge in [0, 0.05) is 41.9 Å². The molecule has 0 N–H and O–H groups in total. The van der Waals surface area contributed by atoms with E-state index in [1.165, 1.54) is 53.2 Å². The minimum absolute atomic E-state index is 0.0377. The summed E-state index contributed by atoms with van der Waals surface area (Å²) in [7, 11) is 0. The van der Waals surface area contributed by atoms with Gasteiger partial charge in [0.25, 0.3) is 0 Å². The molecule has 6 aromatic carbocycles. The lowest BCUT2D eigenvalue weighted by atomic mass is 9.82. The zero-order chi connectivity index (χ0) is 28.9. The molecule has 0 spiro atoms. The van der Waals surface area contributed by atoms with Crippen molar-refractivity contribution in [1.82, 2.24) is 4.57 Å². The van der Waals surface area contributed by atoms with Crippen molar-refractivity contribution in [3.63, 3.8) is 0 Å². The Morgan fingerprint density at radius 3 is 2.00 bits per heavy atom. The molecule has 2 heterocycles. The first-order chi connectivity index (χ1) is 21.1. The van der Waals surface area contributed by atoms with Crippen LogP contribution in [0.15, 0.2) is 121 Å². The first kappa shape index (κ1) is 24.4. The third-order valence-corrected chi connectivity index (χ3v) is 10.6. The summed E-state index contributed by atoms with van der Waals surface area (Å²) in [5.74, 6) is 0. The van der Waals surface area contributed by atoms with E-state index in [-0.39, 0.29) is 5.41 Å². The smallest absolute Gasteiger partial charge is 0.101 e. The van der Waals surface area contributed by atoms with E-state index in [9.17, 15) is 5.26 Å². The van der Waals surface area contributed by atoms with E-state index in [2.05, 4.69) is 134 Å². The Bertz CT molecular complexity index is 2450. The average molecular weight is 567 g/mol. The highest BCUT2D eigenvalue weighted by molar-refractivity contribution is 7.26. The van der Waals surface area contributed by atoms with Gasteiger partial charge in [0.15, 0.2) is 0 Å². The van der Waals surface area contributed by atoms with E-state index in [1.807, 2.05) is 23.5 Å². The van der Waals surface area contributed by atoms with Crippen molar-refractivity contribution < 1.29 is 0 Å². The molecule has 0 fully saturated rings. The predicted molar refractivity (Wildman–Crippen MR) is 181 cm³/mol. The van der Waals surface area contributed by atoms with Gasteiger partial charge in [-0.2, -0.15) is 5.26 Å². The lowest BCUT2D eigenvalue weighted by Gasteiger charge is -2.21. The molecule has 2 aromatic heterocycles. The Morgan fingerprint density at radius 1 is 0.581 bits per heavy atom. The third kappa shape index (κ3) is 3.22. The molecule has 0 bridgehead atoms. The van der Waals surface area contributed by atoms with E-state index in [1.54, 1.807) is 0 Å². The standard InChI is InChI=1S/C40H26N2S/c1-40(2)32-17-6-3-12-25(32)30-21-31-37(22-33(30)40)43-36-20-10-15-28(38(31)36)29-16-9-11-24(23-41)39(29)42-34-18-7-4-13-26(34)27-14-5-8-19-35(27)42/h3-22H,1-2H3. The topological polar surface area (TPSA) is 28.7 Å². The second-order valence-electron chi connectivity index (χ2n) is 12.0. The van der Waals surface area contributed by atoms with Crippen LogP contribution in [0, 0.1) is 11.3 Å². The number of benzene rings is 6. The molecule has 0 saturated heterocycles. The van der Waals surface area contributed by atoms with E-state index in [0.717, 1.165) is 27.8 Å². The van der Waals surface area contributed by atoms with E-state index in [4.69, 9.17) is 0 Å². The van der Waals surface area contributed by atoms with Gasteiger partial charge in [-0.15, -0.1) is 11.3 Å². The number of nitrogens with zero attached hydrogens (tertiary/aromatic N) is 2. The molecule has 0 unspecified atom stereocenters. The maximum Gasteiger partial charge on any atom is 0.101 e. The Morgan fingerprint density at radius 2 is 1.23 bits per heavy atom. The fourth-order valence-corrected chi connectivity index (χ4v) is 8.65.